The number of benzene rings is 3. The minimum absolute atomic E-state index is 0.155. The summed E-state index contributed by atoms with van der Waals surface area (Å²) >= 11 is 33.9. The van der Waals surface area contributed by atoms with Gasteiger partial charge in [-0.05, 0) is 63.5 Å². The van der Waals surface area contributed by atoms with Crippen molar-refractivity contribution in [1.29, 1.82) is 0 Å². The fourth-order valence-electron chi connectivity index (χ4n) is 3.19. The van der Waals surface area contributed by atoms with Gasteiger partial charge in [-0.25, -0.2) is 0 Å². The summed E-state index contributed by atoms with van der Waals surface area (Å²) in [5.41, 5.74) is 2.03. The molecule has 4 aromatic rings. The Morgan fingerprint density at radius 1 is 0.943 bits per heavy atom. The van der Waals surface area contributed by atoms with Crippen molar-refractivity contribution < 1.29 is 9.53 Å². The zero-order valence-corrected chi connectivity index (χ0v) is 23.0. The molecule has 0 fully saturated rings. The van der Waals surface area contributed by atoms with Crippen LogP contribution >= 0.6 is 73.9 Å². The Hall–Kier alpha value is -1.93. The molecule has 11 heteroatoms. The van der Waals surface area contributed by atoms with Crippen LogP contribution in [0.15, 0.2) is 65.3 Å². The van der Waals surface area contributed by atoms with E-state index in [0.717, 1.165) is 11.1 Å². The first-order valence-electron chi connectivity index (χ1n) is 10.0. The largest absolute Gasteiger partial charge is 0.486 e. The lowest BCUT2D eigenvalue weighted by Crippen LogP contribution is -2.13. The average molecular weight is 635 g/mol. The molecule has 5 nitrogen and oxygen atoms in total. The van der Waals surface area contributed by atoms with E-state index in [1.165, 1.54) is 0 Å². The second kappa shape index (κ2) is 11.4. The third-order valence-electron chi connectivity index (χ3n) is 4.83. The maximum atomic E-state index is 12.9. The van der Waals surface area contributed by atoms with Crippen LogP contribution in [0.1, 0.15) is 21.5 Å². The molecule has 1 N–H and O–H groups in total. The van der Waals surface area contributed by atoms with E-state index in [4.69, 9.17) is 62.7 Å². The quantitative estimate of drug-likeness (QED) is 0.221. The molecule has 1 heterocycles. The highest BCUT2D eigenvalue weighted by molar-refractivity contribution is 9.10. The van der Waals surface area contributed by atoms with Crippen molar-refractivity contribution in [3.05, 3.63) is 107 Å². The monoisotopic (exact) mass is 631 g/mol. The van der Waals surface area contributed by atoms with Gasteiger partial charge in [-0.3, -0.25) is 9.48 Å². The molecule has 0 aliphatic carbocycles. The third kappa shape index (κ3) is 6.64. The van der Waals surface area contributed by atoms with Gasteiger partial charge in [0, 0.05) is 26.8 Å². The number of anilines is 1. The molecule has 35 heavy (non-hydrogen) atoms. The molecule has 0 saturated heterocycles. The highest BCUT2D eigenvalue weighted by Crippen LogP contribution is 2.36. The first-order chi connectivity index (χ1) is 16.7. The Bertz CT molecular complexity index is 1390. The molecule has 4 rings (SSSR count). The van der Waals surface area contributed by atoms with Gasteiger partial charge in [0.15, 0.2) is 11.6 Å². The number of hydrogen-bond donors (Lipinski definition) is 1. The third-order valence-corrected chi connectivity index (χ3v) is 6.78. The number of ether oxygens (including phenoxy) is 1. The molecular weight excluding hydrogens is 619 g/mol. The summed E-state index contributed by atoms with van der Waals surface area (Å²) in [6, 6.07) is 15.4. The van der Waals surface area contributed by atoms with Gasteiger partial charge in [-0.15, -0.1) is 0 Å². The number of halogens is 6. The SMILES string of the molecule is O=C(Nc1nn(Cc2ccc(Cl)cc2Cl)cc1Br)c1cccc(COc2c(Cl)cc(Cl)cc2Cl)c1. The van der Waals surface area contributed by atoms with Crippen molar-refractivity contribution in [3.8, 4) is 5.75 Å². The maximum absolute atomic E-state index is 12.9. The Kier molecular flexibility index (Phi) is 8.53. The Balaban J connectivity index is 1.44. The Morgan fingerprint density at radius 2 is 1.66 bits per heavy atom. The molecule has 0 radical (unpaired) electrons. The number of aromatic nitrogens is 2. The average Bonchev–Trinajstić information content (AvgIpc) is 3.13. The summed E-state index contributed by atoms with van der Waals surface area (Å²) in [6.07, 6.45) is 1.75. The van der Waals surface area contributed by atoms with Crippen molar-refractivity contribution in [1.82, 2.24) is 9.78 Å². The number of nitrogens with one attached hydrogen (secondary N) is 1. The van der Waals surface area contributed by atoms with Crippen LogP contribution in [0.2, 0.25) is 25.1 Å². The van der Waals surface area contributed by atoms with Crippen LogP contribution < -0.4 is 10.1 Å². The van der Waals surface area contributed by atoms with E-state index in [0.29, 0.717) is 53.3 Å². The van der Waals surface area contributed by atoms with Crippen LogP contribution in [-0.2, 0) is 13.2 Å². The van der Waals surface area contributed by atoms with Crippen LogP contribution in [0.5, 0.6) is 5.75 Å². The van der Waals surface area contributed by atoms with Crippen LogP contribution in [0.4, 0.5) is 5.82 Å². The molecule has 3 aromatic carbocycles. The van der Waals surface area contributed by atoms with E-state index >= 15 is 0 Å². The number of nitrogens with zero attached hydrogens (tertiary/aromatic N) is 2. The normalized spacial score (nSPS) is 10.9. The van der Waals surface area contributed by atoms with Crippen molar-refractivity contribution >= 4 is 85.7 Å². The van der Waals surface area contributed by atoms with E-state index in [-0.39, 0.29) is 12.5 Å². The van der Waals surface area contributed by atoms with Gasteiger partial charge < -0.3 is 10.1 Å². The highest BCUT2D eigenvalue weighted by Gasteiger charge is 2.15. The highest BCUT2D eigenvalue weighted by atomic mass is 79.9. The second-order valence-electron chi connectivity index (χ2n) is 7.40. The number of amides is 1. The van der Waals surface area contributed by atoms with E-state index in [1.54, 1.807) is 53.3 Å². The Morgan fingerprint density at radius 3 is 2.37 bits per heavy atom. The van der Waals surface area contributed by atoms with E-state index in [9.17, 15) is 4.79 Å². The van der Waals surface area contributed by atoms with E-state index in [2.05, 4.69) is 26.3 Å². The molecule has 0 aliphatic rings. The predicted octanol–water partition coefficient (Wildman–Crippen LogP) is 8.79. The maximum Gasteiger partial charge on any atom is 0.256 e. The Labute approximate surface area is 235 Å². The summed E-state index contributed by atoms with van der Waals surface area (Å²) in [5.74, 6) is 0.370. The van der Waals surface area contributed by atoms with Gasteiger partial charge in [0.05, 0.1) is 21.1 Å². The first kappa shape index (κ1) is 26.1. The summed E-state index contributed by atoms with van der Waals surface area (Å²) in [4.78, 5) is 12.9. The molecule has 0 saturated carbocycles. The molecule has 0 atom stereocenters. The van der Waals surface area contributed by atoms with Gasteiger partial charge in [0.25, 0.3) is 5.91 Å². The zero-order valence-electron chi connectivity index (χ0n) is 17.7. The van der Waals surface area contributed by atoms with E-state index < -0.39 is 0 Å². The number of rotatable bonds is 7. The molecule has 0 spiro atoms. The van der Waals surface area contributed by atoms with Gasteiger partial charge in [0.1, 0.15) is 6.61 Å². The minimum Gasteiger partial charge on any atom is -0.486 e. The topological polar surface area (TPSA) is 56.2 Å². The summed E-state index contributed by atoms with van der Waals surface area (Å²) in [7, 11) is 0. The summed E-state index contributed by atoms with van der Waals surface area (Å²) in [5, 5.41) is 9.36. The second-order valence-corrected chi connectivity index (χ2v) is 10.3. The van der Waals surface area contributed by atoms with Crippen molar-refractivity contribution in [2.75, 3.05) is 5.32 Å². The summed E-state index contributed by atoms with van der Waals surface area (Å²) in [6.45, 7) is 0.565. The lowest BCUT2D eigenvalue weighted by atomic mass is 10.1. The van der Waals surface area contributed by atoms with E-state index in [1.807, 2.05) is 12.1 Å². The molecular formula is C24H15BrCl5N3O2. The molecule has 180 valence electrons. The predicted molar refractivity (Wildman–Crippen MR) is 146 cm³/mol. The molecule has 0 bridgehead atoms. The first-order valence-corrected chi connectivity index (χ1v) is 12.7. The van der Waals surface area contributed by atoms with Crippen molar-refractivity contribution in [2.24, 2.45) is 0 Å². The standard InChI is InChI=1S/C24H15BrCl5N3O2/c25-18-11-33(10-15-4-5-16(26)7-19(15)28)32-23(18)31-24(34)14-3-1-2-13(6-14)12-35-22-20(29)8-17(27)9-21(22)30/h1-9,11H,10,12H2,(H,31,32,34). The molecule has 1 aromatic heterocycles. The number of carbonyl (C=O) groups excluding carboxylic acids is 1. The smallest absolute Gasteiger partial charge is 0.256 e. The molecule has 1 amide bonds. The lowest BCUT2D eigenvalue weighted by molar-refractivity contribution is 0.102. The van der Waals surface area contributed by atoms with Crippen molar-refractivity contribution in [3.63, 3.8) is 0 Å². The fourth-order valence-corrected chi connectivity index (χ4v) is 5.00. The van der Waals surface area contributed by atoms with Crippen LogP contribution in [-0.4, -0.2) is 15.7 Å². The zero-order chi connectivity index (χ0) is 25.1. The number of carbonyl (C=O) groups is 1. The lowest BCUT2D eigenvalue weighted by Gasteiger charge is -2.11. The van der Waals surface area contributed by atoms with Gasteiger partial charge in [-0.2, -0.15) is 5.10 Å². The summed E-state index contributed by atoms with van der Waals surface area (Å²) < 4.78 is 8.05. The molecule has 0 aliphatic heterocycles. The van der Waals surface area contributed by atoms with Crippen LogP contribution in [0.25, 0.3) is 0 Å². The van der Waals surface area contributed by atoms with Gasteiger partial charge in [-0.1, -0.05) is 76.2 Å². The number of hydrogen-bond acceptors (Lipinski definition) is 3. The van der Waals surface area contributed by atoms with Gasteiger partial charge >= 0.3 is 0 Å². The van der Waals surface area contributed by atoms with Crippen molar-refractivity contribution in [2.45, 2.75) is 13.2 Å². The van der Waals surface area contributed by atoms with Crippen LogP contribution in [0.3, 0.4) is 0 Å². The fraction of sp³-hybridized carbons (Fsp3) is 0.0833. The van der Waals surface area contributed by atoms with Crippen LogP contribution in [0, 0.1) is 0 Å². The van der Waals surface area contributed by atoms with Gasteiger partial charge in [0.2, 0.25) is 0 Å². The molecule has 0 unspecified atom stereocenters. The minimum atomic E-state index is -0.329.